The Balaban J connectivity index is 1.70. The van der Waals surface area contributed by atoms with E-state index in [1.807, 2.05) is 0 Å². The van der Waals surface area contributed by atoms with Gasteiger partial charge in [0.1, 0.15) is 16.7 Å². The van der Waals surface area contributed by atoms with Gasteiger partial charge in [-0.2, -0.15) is 5.10 Å². The average Bonchev–Trinajstić information content (AvgIpc) is 2.89. The van der Waals surface area contributed by atoms with Crippen molar-refractivity contribution in [2.24, 2.45) is 10.8 Å². The Morgan fingerprint density at radius 2 is 1.75 bits per heavy atom. The predicted molar refractivity (Wildman–Crippen MR) is 77.6 cm³/mol. The number of carbonyl (C=O) groups excluding carboxylic acids is 3. The number of aromatic nitrogens is 3. The highest BCUT2D eigenvalue weighted by Crippen LogP contribution is 2.69. The van der Waals surface area contributed by atoms with E-state index in [1.165, 1.54) is 19.1 Å². The number of aromatic amines is 2. The van der Waals surface area contributed by atoms with E-state index < -0.39 is 28.5 Å². The molecule has 1 saturated heterocycles. The number of H-pyrrole nitrogens is 2. The summed E-state index contributed by atoms with van der Waals surface area (Å²) in [5, 5.41) is 5.96. The highest BCUT2D eigenvalue weighted by atomic mass is 16.5. The van der Waals surface area contributed by atoms with Crippen molar-refractivity contribution in [3.63, 3.8) is 0 Å². The Labute approximate surface area is 136 Å². The van der Waals surface area contributed by atoms with Crippen molar-refractivity contribution in [2.75, 3.05) is 27.3 Å². The standard InChI is InChI=1S/C14H18N4O6/c1-23-10(20)13-5-14(13,11(21)24-2)7-18(6-13)9(19)4-3-8-15-12(22)17-16-8/h3-7H2,1-2H3,(H2,15,16,17,22)/t13-,14+. The lowest BCUT2D eigenvalue weighted by molar-refractivity contribution is -0.155. The van der Waals surface area contributed by atoms with Crippen LogP contribution in [0.15, 0.2) is 4.79 Å². The van der Waals surface area contributed by atoms with Crippen LogP contribution in [-0.2, 0) is 30.3 Å². The number of nitrogens with one attached hydrogen (secondary N) is 2. The van der Waals surface area contributed by atoms with E-state index in [-0.39, 0.29) is 31.8 Å². The molecule has 24 heavy (non-hydrogen) atoms. The second-order valence-electron chi connectivity index (χ2n) is 6.20. The van der Waals surface area contributed by atoms with Crippen LogP contribution in [0.1, 0.15) is 18.7 Å². The molecular formula is C14H18N4O6. The van der Waals surface area contributed by atoms with Crippen molar-refractivity contribution in [3.05, 3.63) is 16.3 Å². The Hall–Kier alpha value is -2.65. The van der Waals surface area contributed by atoms with Crippen LogP contribution in [0, 0.1) is 10.8 Å². The third-order valence-electron chi connectivity index (χ3n) is 4.95. The minimum atomic E-state index is -1.01. The van der Waals surface area contributed by atoms with Gasteiger partial charge in [0, 0.05) is 25.9 Å². The molecule has 0 unspecified atom stereocenters. The molecule has 1 aliphatic carbocycles. The van der Waals surface area contributed by atoms with Gasteiger partial charge in [-0.3, -0.25) is 19.4 Å². The highest BCUT2D eigenvalue weighted by molar-refractivity contribution is 5.97. The minimum Gasteiger partial charge on any atom is -0.469 e. The van der Waals surface area contributed by atoms with E-state index >= 15 is 0 Å². The number of amides is 1. The summed E-state index contributed by atoms with van der Waals surface area (Å²) in [6.07, 6.45) is 0.690. The van der Waals surface area contributed by atoms with E-state index in [0.29, 0.717) is 12.2 Å². The number of aryl methyl sites for hydroxylation is 1. The van der Waals surface area contributed by atoms with Gasteiger partial charge in [-0.1, -0.05) is 0 Å². The summed E-state index contributed by atoms with van der Waals surface area (Å²) in [7, 11) is 2.52. The van der Waals surface area contributed by atoms with Crippen LogP contribution >= 0.6 is 0 Å². The molecule has 2 heterocycles. The minimum absolute atomic E-state index is 0.106. The van der Waals surface area contributed by atoms with Gasteiger partial charge in [0.15, 0.2) is 0 Å². The Morgan fingerprint density at radius 1 is 1.17 bits per heavy atom. The first-order valence-electron chi connectivity index (χ1n) is 7.47. The number of hydrogen-bond acceptors (Lipinski definition) is 7. The van der Waals surface area contributed by atoms with Crippen LogP contribution in [0.3, 0.4) is 0 Å². The van der Waals surface area contributed by atoms with Crippen molar-refractivity contribution in [2.45, 2.75) is 19.3 Å². The molecule has 0 spiro atoms. The van der Waals surface area contributed by atoms with Crippen molar-refractivity contribution in [1.82, 2.24) is 20.1 Å². The van der Waals surface area contributed by atoms with Crippen LogP contribution < -0.4 is 5.69 Å². The first-order chi connectivity index (χ1) is 11.4. The second-order valence-corrected chi connectivity index (χ2v) is 6.20. The summed E-state index contributed by atoms with van der Waals surface area (Å²) in [6.45, 7) is 0.259. The van der Waals surface area contributed by atoms with Gasteiger partial charge in [-0.05, 0) is 6.42 Å². The maximum atomic E-state index is 12.4. The van der Waals surface area contributed by atoms with E-state index in [4.69, 9.17) is 9.47 Å². The summed E-state index contributed by atoms with van der Waals surface area (Å²) in [5.74, 6) is -0.847. The maximum Gasteiger partial charge on any atom is 0.340 e. The number of methoxy groups -OCH3 is 2. The van der Waals surface area contributed by atoms with Crippen LogP contribution in [0.25, 0.3) is 0 Å². The number of carbonyl (C=O) groups is 3. The van der Waals surface area contributed by atoms with Gasteiger partial charge >= 0.3 is 17.6 Å². The number of esters is 2. The summed E-state index contributed by atoms with van der Waals surface area (Å²) in [5.41, 5.74) is -2.45. The summed E-state index contributed by atoms with van der Waals surface area (Å²) < 4.78 is 9.64. The van der Waals surface area contributed by atoms with Crippen molar-refractivity contribution < 1.29 is 23.9 Å². The van der Waals surface area contributed by atoms with E-state index in [2.05, 4.69) is 15.2 Å². The molecule has 1 aliphatic heterocycles. The monoisotopic (exact) mass is 338 g/mol. The molecule has 0 aromatic carbocycles. The van der Waals surface area contributed by atoms with Crippen LogP contribution in [-0.4, -0.2) is 65.2 Å². The number of fused-ring (bicyclic) bond motifs is 1. The molecule has 0 bridgehead atoms. The smallest absolute Gasteiger partial charge is 0.340 e. The highest BCUT2D eigenvalue weighted by Gasteiger charge is 2.82. The lowest BCUT2D eigenvalue weighted by Crippen LogP contribution is -2.35. The molecule has 1 amide bonds. The maximum absolute atomic E-state index is 12.4. The average molecular weight is 338 g/mol. The zero-order valence-electron chi connectivity index (χ0n) is 13.4. The SMILES string of the molecule is COC(=O)[C@@]12CN(C(=O)CCc3n[nH]c(=O)[nH]3)C[C@]1(C(=O)OC)C2. The lowest BCUT2D eigenvalue weighted by Gasteiger charge is -2.20. The summed E-state index contributed by atoms with van der Waals surface area (Å²) in [4.78, 5) is 51.6. The van der Waals surface area contributed by atoms with E-state index in [0.717, 1.165) is 0 Å². The molecule has 3 rings (SSSR count). The molecular weight excluding hydrogens is 320 g/mol. The van der Waals surface area contributed by atoms with Crippen molar-refractivity contribution in [1.29, 1.82) is 0 Å². The fourth-order valence-electron chi connectivity index (χ4n) is 3.63. The largest absolute Gasteiger partial charge is 0.469 e. The molecule has 10 nitrogen and oxygen atoms in total. The first kappa shape index (κ1) is 16.2. The van der Waals surface area contributed by atoms with Crippen LogP contribution in [0.2, 0.25) is 0 Å². The zero-order chi connectivity index (χ0) is 17.5. The van der Waals surface area contributed by atoms with Gasteiger partial charge in [-0.15, -0.1) is 0 Å². The summed E-state index contributed by atoms with van der Waals surface area (Å²) >= 11 is 0. The molecule has 2 aliphatic rings. The Morgan fingerprint density at radius 3 is 2.21 bits per heavy atom. The third kappa shape index (κ3) is 2.21. The molecule has 2 N–H and O–H groups in total. The number of hydrogen-bond donors (Lipinski definition) is 2. The van der Waals surface area contributed by atoms with E-state index in [9.17, 15) is 19.2 Å². The topological polar surface area (TPSA) is 134 Å². The number of likely N-dealkylation sites (tertiary alicyclic amines) is 1. The first-order valence-corrected chi connectivity index (χ1v) is 7.47. The van der Waals surface area contributed by atoms with Crippen LogP contribution in [0.4, 0.5) is 0 Å². The molecule has 0 radical (unpaired) electrons. The molecule has 2 atom stereocenters. The van der Waals surface area contributed by atoms with Gasteiger partial charge < -0.3 is 14.4 Å². The third-order valence-corrected chi connectivity index (χ3v) is 4.95. The molecule has 10 heteroatoms. The quantitative estimate of drug-likeness (QED) is 0.630. The molecule has 1 aromatic rings. The number of ether oxygens (including phenoxy) is 2. The van der Waals surface area contributed by atoms with Crippen molar-refractivity contribution in [3.8, 4) is 0 Å². The van der Waals surface area contributed by atoms with Gasteiger partial charge in [0.25, 0.3) is 0 Å². The second kappa shape index (κ2) is 5.46. The van der Waals surface area contributed by atoms with Gasteiger partial charge in [-0.25, -0.2) is 9.89 Å². The predicted octanol–water partition coefficient (Wildman–Crippen LogP) is -1.40. The fourth-order valence-corrected chi connectivity index (χ4v) is 3.63. The number of rotatable bonds is 5. The lowest BCUT2D eigenvalue weighted by atomic mass is 9.96. The number of nitrogens with zero attached hydrogens (tertiary/aromatic N) is 2. The van der Waals surface area contributed by atoms with E-state index in [1.54, 1.807) is 0 Å². The van der Waals surface area contributed by atoms with Gasteiger partial charge in [0.2, 0.25) is 5.91 Å². The van der Waals surface area contributed by atoms with Crippen molar-refractivity contribution >= 4 is 17.8 Å². The molecule has 130 valence electrons. The molecule has 1 saturated carbocycles. The summed E-state index contributed by atoms with van der Waals surface area (Å²) in [6, 6.07) is 0. The zero-order valence-corrected chi connectivity index (χ0v) is 13.4. The number of piperidine rings is 1. The molecule has 2 fully saturated rings. The Kier molecular flexibility index (Phi) is 3.69. The normalized spacial score (nSPS) is 27.5. The molecule has 1 aromatic heterocycles. The van der Waals surface area contributed by atoms with Gasteiger partial charge in [0.05, 0.1) is 14.2 Å². The Bertz CT molecular complexity index is 724. The fraction of sp³-hybridized carbons (Fsp3) is 0.643. The van der Waals surface area contributed by atoms with Crippen LogP contribution in [0.5, 0.6) is 0 Å².